The van der Waals surface area contributed by atoms with Gasteiger partial charge in [0.05, 0.1) is 28.1 Å². The largest absolute Gasteiger partial charge is 0.394 e. The molecule has 1 aliphatic carbocycles. The number of aliphatic hydroxyl groups is 5. The van der Waals surface area contributed by atoms with E-state index in [-0.39, 0.29) is 15.6 Å². The average Bonchev–Trinajstić information content (AvgIpc) is 2.72. The van der Waals surface area contributed by atoms with Crippen molar-refractivity contribution in [3.8, 4) is 0 Å². The van der Waals surface area contributed by atoms with Gasteiger partial charge in [0.1, 0.15) is 23.9 Å². The topological polar surface area (TPSA) is 140 Å². The molecule has 0 bridgehead atoms. The van der Waals surface area contributed by atoms with Crippen molar-refractivity contribution in [2.45, 2.75) is 49.5 Å². The molecule has 0 aromatic heterocycles. The molecule has 1 aromatic carbocycles. The van der Waals surface area contributed by atoms with Gasteiger partial charge < -0.3 is 30.3 Å². The maximum absolute atomic E-state index is 12.3. The van der Waals surface area contributed by atoms with Crippen LogP contribution in [0, 0.1) is 0 Å². The number of hydrogen-bond donors (Lipinski definition) is 5. The van der Waals surface area contributed by atoms with Crippen molar-refractivity contribution in [3.63, 3.8) is 0 Å². The molecular formula is C21H21Cl2NO7. The summed E-state index contributed by atoms with van der Waals surface area (Å²) in [6, 6.07) is 4.55. The molecule has 31 heavy (non-hydrogen) atoms. The fraction of sp³-hybridized carbons (Fsp3) is 0.429. The van der Waals surface area contributed by atoms with Gasteiger partial charge in [-0.25, -0.2) is 4.99 Å². The Labute approximate surface area is 187 Å². The number of benzene rings is 1. The van der Waals surface area contributed by atoms with Gasteiger partial charge in [0, 0.05) is 11.0 Å². The van der Waals surface area contributed by atoms with E-state index in [0.717, 1.165) is 0 Å². The molecule has 0 amide bonds. The van der Waals surface area contributed by atoms with Gasteiger partial charge in [-0.15, -0.1) is 0 Å². The lowest BCUT2D eigenvalue weighted by atomic mass is 9.69. The van der Waals surface area contributed by atoms with E-state index in [1.807, 2.05) is 13.8 Å². The number of rotatable bonds is 2. The van der Waals surface area contributed by atoms with E-state index in [2.05, 4.69) is 4.99 Å². The lowest BCUT2D eigenvalue weighted by Gasteiger charge is -2.47. The Bertz CT molecular complexity index is 1060. The molecule has 4 rings (SSSR count). The summed E-state index contributed by atoms with van der Waals surface area (Å²) in [5.41, 5.74) is -1.13. The fourth-order valence-electron chi connectivity index (χ4n) is 4.41. The SMILES string of the molecule is CC1(C)C2=C(Cl)C(=O)C(Cl)=CC2=Nc2ccc([C@@]3(O)[C@@H](O)[C@H](O)O[C@H](CO)[C@@H]3O)cc21. The van der Waals surface area contributed by atoms with Crippen LogP contribution in [-0.2, 0) is 20.5 Å². The van der Waals surface area contributed by atoms with Crippen LogP contribution in [0.25, 0.3) is 0 Å². The summed E-state index contributed by atoms with van der Waals surface area (Å²) in [7, 11) is 0. The van der Waals surface area contributed by atoms with Crippen molar-refractivity contribution in [2.24, 2.45) is 4.99 Å². The Morgan fingerprint density at radius 2 is 1.84 bits per heavy atom. The molecule has 1 saturated heterocycles. The normalized spacial score (nSPS) is 34.7. The van der Waals surface area contributed by atoms with Gasteiger partial charge in [-0.3, -0.25) is 4.79 Å². The van der Waals surface area contributed by atoms with Gasteiger partial charge in [0.15, 0.2) is 6.29 Å². The number of ketones is 1. The number of aliphatic hydroxyl groups excluding tert-OH is 4. The van der Waals surface area contributed by atoms with E-state index in [0.29, 0.717) is 22.5 Å². The van der Waals surface area contributed by atoms with Crippen LogP contribution in [0.15, 0.2) is 44.9 Å². The highest BCUT2D eigenvalue weighted by atomic mass is 35.5. The fourth-order valence-corrected chi connectivity index (χ4v) is 5.09. The first-order chi connectivity index (χ1) is 14.4. The number of carbonyl (C=O) groups excluding carboxylic acids is 1. The number of nitrogens with zero attached hydrogens (tertiary/aromatic N) is 1. The van der Waals surface area contributed by atoms with Crippen molar-refractivity contribution in [3.05, 3.63) is 51.0 Å². The Hall–Kier alpha value is -1.62. The van der Waals surface area contributed by atoms with E-state index in [9.17, 15) is 30.3 Å². The van der Waals surface area contributed by atoms with Crippen LogP contribution in [0.1, 0.15) is 25.0 Å². The molecule has 3 aliphatic rings. The zero-order valence-corrected chi connectivity index (χ0v) is 18.1. The molecule has 5 N–H and O–H groups in total. The number of aliphatic imine (C=N–C) groups is 1. The molecule has 1 aromatic rings. The molecular weight excluding hydrogens is 449 g/mol. The third kappa shape index (κ3) is 3.13. The van der Waals surface area contributed by atoms with Crippen molar-refractivity contribution in [1.82, 2.24) is 0 Å². The quantitative estimate of drug-likeness (QED) is 0.404. The zero-order valence-electron chi connectivity index (χ0n) is 16.6. The number of hydrogen-bond acceptors (Lipinski definition) is 8. The first kappa shape index (κ1) is 22.6. The van der Waals surface area contributed by atoms with Crippen molar-refractivity contribution in [2.75, 3.05) is 6.61 Å². The first-order valence-corrected chi connectivity index (χ1v) is 10.3. The van der Waals surface area contributed by atoms with Crippen LogP contribution in [0.5, 0.6) is 0 Å². The summed E-state index contributed by atoms with van der Waals surface area (Å²) in [5.74, 6) is -0.521. The van der Waals surface area contributed by atoms with Gasteiger partial charge in [-0.2, -0.15) is 0 Å². The molecule has 0 unspecified atom stereocenters. The molecule has 0 saturated carbocycles. The minimum Gasteiger partial charge on any atom is -0.394 e. The Morgan fingerprint density at radius 1 is 1.16 bits per heavy atom. The first-order valence-electron chi connectivity index (χ1n) is 9.53. The second kappa shape index (κ2) is 7.47. The lowest BCUT2D eigenvalue weighted by Crippen LogP contribution is -2.65. The number of Topliss-reactive ketones (excluding diaryl/α,β-unsaturated/α-hetero) is 1. The summed E-state index contributed by atoms with van der Waals surface area (Å²) < 4.78 is 4.98. The van der Waals surface area contributed by atoms with Crippen LogP contribution in [0.3, 0.4) is 0 Å². The van der Waals surface area contributed by atoms with Crippen molar-refractivity contribution in [1.29, 1.82) is 0 Å². The standard InChI is InChI=1S/C21H21Cl2NO7/c1-20(2)9-5-8(21(30)17(27)13(7-25)31-19(29)18(21)28)3-4-11(9)24-12-6-10(22)16(26)15(23)14(12)20/h3-6,13,17-19,25,27-30H,7H2,1-2H3/t13-,17+,18+,19-,21+/m1/s1. The molecule has 2 aliphatic heterocycles. The van der Waals surface area contributed by atoms with Crippen molar-refractivity contribution >= 4 is 40.4 Å². The summed E-state index contributed by atoms with van der Waals surface area (Å²) in [6.07, 6.45) is -5.33. The van der Waals surface area contributed by atoms with Gasteiger partial charge in [-0.05, 0) is 29.3 Å². The van der Waals surface area contributed by atoms with E-state index >= 15 is 0 Å². The van der Waals surface area contributed by atoms with Gasteiger partial charge in [0.25, 0.3) is 0 Å². The third-order valence-electron chi connectivity index (χ3n) is 6.17. The number of fused-ring (bicyclic) bond motifs is 2. The molecule has 166 valence electrons. The number of halogens is 2. The van der Waals surface area contributed by atoms with E-state index in [1.165, 1.54) is 18.2 Å². The molecule has 5 atom stereocenters. The van der Waals surface area contributed by atoms with E-state index in [1.54, 1.807) is 6.07 Å². The van der Waals surface area contributed by atoms with Crippen LogP contribution < -0.4 is 0 Å². The molecule has 10 heteroatoms. The molecule has 0 radical (unpaired) electrons. The monoisotopic (exact) mass is 469 g/mol. The Balaban J connectivity index is 1.90. The minimum atomic E-state index is -2.34. The zero-order chi connectivity index (χ0) is 22.9. The number of ether oxygens (including phenoxy) is 1. The van der Waals surface area contributed by atoms with Crippen LogP contribution >= 0.6 is 23.2 Å². The van der Waals surface area contributed by atoms with Crippen LogP contribution in [0.4, 0.5) is 5.69 Å². The summed E-state index contributed by atoms with van der Waals surface area (Å²) in [6.45, 7) is 2.94. The second-order valence-corrected chi connectivity index (χ2v) is 9.11. The van der Waals surface area contributed by atoms with Gasteiger partial charge in [-0.1, -0.05) is 43.1 Å². The molecule has 0 spiro atoms. The number of allylic oxidation sites excluding steroid dienone is 4. The third-order valence-corrected chi connectivity index (χ3v) is 6.81. The lowest BCUT2D eigenvalue weighted by molar-refractivity contribution is -0.326. The van der Waals surface area contributed by atoms with E-state index in [4.69, 9.17) is 27.9 Å². The maximum Gasteiger partial charge on any atom is 0.216 e. The van der Waals surface area contributed by atoms with Gasteiger partial charge >= 0.3 is 0 Å². The predicted octanol–water partition coefficient (Wildman–Crippen LogP) is 0.868. The minimum absolute atomic E-state index is 0.0461. The van der Waals surface area contributed by atoms with Crippen LogP contribution in [-0.4, -0.2) is 68.2 Å². The summed E-state index contributed by atoms with van der Waals surface area (Å²) in [4.78, 5) is 16.9. The second-order valence-electron chi connectivity index (χ2n) is 8.33. The molecule has 1 fully saturated rings. The highest BCUT2D eigenvalue weighted by molar-refractivity contribution is 6.58. The molecule has 8 nitrogen and oxygen atoms in total. The highest BCUT2D eigenvalue weighted by Gasteiger charge is 2.56. The highest BCUT2D eigenvalue weighted by Crippen LogP contribution is 2.48. The summed E-state index contributed by atoms with van der Waals surface area (Å²) >= 11 is 12.3. The Morgan fingerprint density at radius 3 is 2.48 bits per heavy atom. The van der Waals surface area contributed by atoms with Crippen molar-refractivity contribution < 1.29 is 35.1 Å². The maximum atomic E-state index is 12.3. The van der Waals surface area contributed by atoms with Crippen LogP contribution in [0.2, 0.25) is 0 Å². The van der Waals surface area contributed by atoms with Gasteiger partial charge in [0.2, 0.25) is 5.78 Å². The Kier molecular flexibility index (Phi) is 5.44. The summed E-state index contributed by atoms with van der Waals surface area (Å²) in [5, 5.41) is 51.7. The van der Waals surface area contributed by atoms with E-state index < -0.39 is 48.0 Å². The smallest absolute Gasteiger partial charge is 0.216 e. The number of carbonyl (C=O) groups is 1. The molecule has 2 heterocycles. The predicted molar refractivity (Wildman–Crippen MR) is 112 cm³/mol. The average molecular weight is 470 g/mol.